The predicted molar refractivity (Wildman–Crippen MR) is 161 cm³/mol. The van der Waals surface area contributed by atoms with Crippen LogP contribution >= 0.6 is 11.8 Å². The fourth-order valence-corrected chi connectivity index (χ4v) is 4.88. The van der Waals surface area contributed by atoms with E-state index in [2.05, 4.69) is 10.6 Å². The van der Waals surface area contributed by atoms with Gasteiger partial charge in [-0.3, -0.25) is 9.59 Å². The van der Waals surface area contributed by atoms with Crippen LogP contribution in [0.25, 0.3) is 10.8 Å². The predicted octanol–water partition coefficient (Wildman–Crippen LogP) is 5.30. The van der Waals surface area contributed by atoms with Gasteiger partial charge < -0.3 is 25.4 Å². The lowest BCUT2D eigenvalue weighted by Crippen LogP contribution is -2.53. The normalized spacial score (nSPS) is 12.8. The first-order valence-corrected chi connectivity index (χ1v) is 14.7. The van der Waals surface area contributed by atoms with Crippen molar-refractivity contribution in [1.29, 1.82) is 0 Å². The topological polar surface area (TPSA) is 108 Å². The zero-order chi connectivity index (χ0) is 29.3. The van der Waals surface area contributed by atoms with E-state index in [1.165, 1.54) is 16.7 Å². The molecule has 9 heteroatoms. The maximum Gasteiger partial charge on any atom is 0.408 e. The molecule has 0 saturated heterocycles. The Balaban J connectivity index is 1.98. The molecule has 2 unspecified atom stereocenters. The lowest BCUT2D eigenvalue weighted by Gasteiger charge is -2.34. The van der Waals surface area contributed by atoms with Gasteiger partial charge >= 0.3 is 6.09 Å². The summed E-state index contributed by atoms with van der Waals surface area (Å²) in [4.78, 5) is 41.9. The van der Waals surface area contributed by atoms with Crippen LogP contribution in [0.2, 0.25) is 0 Å². The summed E-state index contributed by atoms with van der Waals surface area (Å²) in [7, 11) is 0. The van der Waals surface area contributed by atoms with Crippen molar-refractivity contribution >= 4 is 46.1 Å². The molecule has 0 aliphatic carbocycles. The van der Waals surface area contributed by atoms with Gasteiger partial charge in [-0.05, 0) is 74.6 Å². The van der Waals surface area contributed by atoms with Crippen molar-refractivity contribution in [3.8, 4) is 0 Å². The Morgan fingerprint density at radius 3 is 2.38 bits per heavy atom. The summed E-state index contributed by atoms with van der Waals surface area (Å²) >= 11 is 1.54. The van der Waals surface area contributed by atoms with Gasteiger partial charge in [0.1, 0.15) is 17.7 Å². The zero-order valence-electron chi connectivity index (χ0n) is 23.8. The summed E-state index contributed by atoms with van der Waals surface area (Å²) in [6.07, 6.45) is 1.52. The van der Waals surface area contributed by atoms with Gasteiger partial charge in [-0.15, -0.1) is 0 Å². The number of amides is 3. The number of aryl methyl sites for hydroxylation is 1. The first-order chi connectivity index (χ1) is 19.0. The molecule has 0 aromatic heterocycles. The molecule has 3 aromatic carbocycles. The number of hydrogen-bond acceptors (Lipinski definition) is 6. The van der Waals surface area contributed by atoms with Crippen LogP contribution in [0, 0.1) is 6.92 Å². The first-order valence-electron chi connectivity index (χ1n) is 13.3. The summed E-state index contributed by atoms with van der Waals surface area (Å²) in [5.74, 6) is -0.310. The van der Waals surface area contributed by atoms with Gasteiger partial charge in [-0.25, -0.2) is 4.79 Å². The van der Waals surface area contributed by atoms with Crippen LogP contribution in [0.3, 0.4) is 0 Å². The van der Waals surface area contributed by atoms with Gasteiger partial charge in [0, 0.05) is 12.2 Å². The number of aliphatic hydroxyl groups is 1. The summed E-state index contributed by atoms with van der Waals surface area (Å²) in [6.45, 7) is 6.68. The lowest BCUT2D eigenvalue weighted by molar-refractivity contribution is -0.141. The molecule has 3 N–H and O–H groups in total. The smallest absolute Gasteiger partial charge is 0.408 e. The van der Waals surface area contributed by atoms with Crippen molar-refractivity contribution in [2.24, 2.45) is 0 Å². The van der Waals surface area contributed by atoms with Crippen LogP contribution in [0.5, 0.6) is 0 Å². The first kappa shape index (κ1) is 31.0. The van der Waals surface area contributed by atoms with Gasteiger partial charge in [-0.1, -0.05) is 60.2 Å². The third kappa shape index (κ3) is 8.72. The minimum Gasteiger partial charge on any atom is -0.444 e. The molecule has 0 aliphatic rings. The number of carbonyl (C=O) groups is 3. The SMILES string of the molecule is CSCCC(NC(=O)OC(C)(C)C)C(=O)N(CCO)C(C(=O)Nc1ccc2ccccc2c1)c1cccc(C)c1. The van der Waals surface area contributed by atoms with E-state index in [4.69, 9.17) is 4.74 Å². The van der Waals surface area contributed by atoms with Gasteiger partial charge in [0.25, 0.3) is 5.91 Å². The summed E-state index contributed by atoms with van der Waals surface area (Å²) in [6, 6.07) is 18.8. The van der Waals surface area contributed by atoms with E-state index in [-0.39, 0.29) is 13.2 Å². The van der Waals surface area contributed by atoms with E-state index in [9.17, 15) is 19.5 Å². The highest BCUT2D eigenvalue weighted by Gasteiger charge is 2.36. The number of anilines is 1. The maximum absolute atomic E-state index is 14.0. The van der Waals surface area contributed by atoms with E-state index in [0.717, 1.165) is 16.3 Å². The minimum atomic E-state index is -1.05. The Labute approximate surface area is 240 Å². The molecular weight excluding hydrogens is 526 g/mol. The van der Waals surface area contributed by atoms with E-state index in [0.29, 0.717) is 23.4 Å². The number of hydrogen-bond donors (Lipinski definition) is 3. The van der Waals surface area contributed by atoms with Crippen LogP contribution in [-0.2, 0) is 14.3 Å². The molecule has 3 amide bonds. The molecular formula is C31H39N3O5S. The average molecular weight is 566 g/mol. The minimum absolute atomic E-state index is 0.103. The van der Waals surface area contributed by atoms with Gasteiger partial charge in [0.05, 0.1) is 6.61 Å². The van der Waals surface area contributed by atoms with Crippen LogP contribution in [0.4, 0.5) is 10.5 Å². The molecule has 3 rings (SSSR count). The number of nitrogens with zero attached hydrogens (tertiary/aromatic N) is 1. The van der Waals surface area contributed by atoms with Crippen molar-refractivity contribution in [2.75, 3.05) is 30.5 Å². The number of carbonyl (C=O) groups excluding carboxylic acids is 3. The Kier molecular flexibility index (Phi) is 11.0. The summed E-state index contributed by atoms with van der Waals surface area (Å²) < 4.78 is 5.40. The highest BCUT2D eigenvalue weighted by molar-refractivity contribution is 7.98. The number of alkyl carbamates (subject to hydrolysis) is 1. The molecule has 40 heavy (non-hydrogen) atoms. The van der Waals surface area contributed by atoms with Crippen LogP contribution in [0.1, 0.15) is 44.4 Å². The Morgan fingerprint density at radius 2 is 1.73 bits per heavy atom. The third-order valence-electron chi connectivity index (χ3n) is 6.16. The number of nitrogens with one attached hydrogen (secondary N) is 2. The van der Waals surface area contributed by atoms with Gasteiger partial charge in [0.2, 0.25) is 5.91 Å². The molecule has 2 atom stereocenters. The number of rotatable bonds is 11. The molecule has 0 radical (unpaired) electrons. The fraction of sp³-hybridized carbons (Fsp3) is 0.387. The number of aliphatic hydroxyl groups excluding tert-OH is 1. The highest BCUT2D eigenvalue weighted by Crippen LogP contribution is 2.27. The number of fused-ring (bicyclic) bond motifs is 1. The van der Waals surface area contributed by atoms with Gasteiger partial charge in [-0.2, -0.15) is 11.8 Å². The quantitative estimate of drug-likeness (QED) is 0.291. The molecule has 0 saturated carbocycles. The van der Waals surface area contributed by atoms with Crippen molar-refractivity contribution in [1.82, 2.24) is 10.2 Å². The van der Waals surface area contributed by atoms with E-state index in [1.807, 2.05) is 73.8 Å². The number of thioether (sulfide) groups is 1. The second-order valence-electron chi connectivity index (χ2n) is 10.6. The molecule has 0 heterocycles. The Bertz CT molecular complexity index is 1320. The van der Waals surface area contributed by atoms with E-state index < -0.39 is 35.6 Å². The summed E-state index contributed by atoms with van der Waals surface area (Å²) in [5, 5.41) is 17.6. The molecule has 8 nitrogen and oxygen atoms in total. The van der Waals surface area contributed by atoms with Crippen molar-refractivity contribution in [2.45, 2.75) is 51.8 Å². The maximum atomic E-state index is 14.0. The van der Waals surface area contributed by atoms with Crippen LogP contribution in [0.15, 0.2) is 66.7 Å². The molecule has 0 aliphatic heterocycles. The zero-order valence-corrected chi connectivity index (χ0v) is 24.6. The fourth-order valence-electron chi connectivity index (χ4n) is 4.41. The van der Waals surface area contributed by atoms with Crippen molar-refractivity contribution in [3.63, 3.8) is 0 Å². The number of benzene rings is 3. The van der Waals surface area contributed by atoms with Crippen LogP contribution in [-0.4, -0.2) is 64.7 Å². The Hall–Kier alpha value is -3.56. The van der Waals surface area contributed by atoms with Crippen molar-refractivity contribution < 1.29 is 24.2 Å². The second kappa shape index (κ2) is 14.2. The summed E-state index contributed by atoms with van der Waals surface area (Å²) in [5.41, 5.74) is 1.36. The third-order valence-corrected chi connectivity index (χ3v) is 6.80. The average Bonchev–Trinajstić information content (AvgIpc) is 2.89. The van der Waals surface area contributed by atoms with Crippen molar-refractivity contribution in [3.05, 3.63) is 77.9 Å². The largest absolute Gasteiger partial charge is 0.444 e. The van der Waals surface area contributed by atoms with Gasteiger partial charge in [0.15, 0.2) is 0 Å². The molecule has 0 spiro atoms. The second-order valence-corrected chi connectivity index (χ2v) is 11.6. The Morgan fingerprint density at radius 1 is 1.00 bits per heavy atom. The molecule has 0 fully saturated rings. The lowest BCUT2D eigenvalue weighted by atomic mass is 10.00. The monoisotopic (exact) mass is 565 g/mol. The standard InChI is InChI=1S/C31H39N3O5S/c1-21-9-8-12-24(19-21)27(28(36)32-25-14-13-22-10-6-7-11-23(22)20-25)34(16-17-35)29(37)26(15-18-40-5)33-30(38)39-31(2,3)4/h6-14,19-20,26-27,35H,15-18H2,1-5H3,(H,32,36)(H,33,38). The van der Waals surface area contributed by atoms with E-state index >= 15 is 0 Å². The highest BCUT2D eigenvalue weighted by atomic mass is 32.2. The molecule has 0 bridgehead atoms. The molecule has 214 valence electrons. The molecule has 3 aromatic rings. The number of ether oxygens (including phenoxy) is 1. The van der Waals surface area contributed by atoms with Crippen LogP contribution < -0.4 is 10.6 Å². The van der Waals surface area contributed by atoms with E-state index in [1.54, 1.807) is 26.8 Å².